The number of rotatable bonds is 5. The van der Waals surface area contributed by atoms with Crippen molar-refractivity contribution in [3.8, 4) is 21.7 Å². The summed E-state index contributed by atoms with van der Waals surface area (Å²) in [6.07, 6.45) is 4.71. The molecule has 0 spiro atoms. The normalized spacial score (nSPS) is 20.2. The van der Waals surface area contributed by atoms with Crippen molar-refractivity contribution in [1.29, 1.82) is 0 Å². The van der Waals surface area contributed by atoms with Crippen LogP contribution in [0.2, 0.25) is 0 Å². The Bertz CT molecular complexity index is 1600. The van der Waals surface area contributed by atoms with Gasteiger partial charge in [-0.15, -0.1) is 11.3 Å². The summed E-state index contributed by atoms with van der Waals surface area (Å²) in [5.74, 6) is 1.26. The number of anilines is 1. The number of thiophene rings is 1. The van der Waals surface area contributed by atoms with E-state index in [1.807, 2.05) is 42.5 Å². The van der Waals surface area contributed by atoms with Gasteiger partial charge < -0.3 is 10.2 Å². The molecule has 1 aliphatic carbocycles. The maximum absolute atomic E-state index is 13.9. The molecule has 3 aliphatic rings. The van der Waals surface area contributed by atoms with Crippen molar-refractivity contribution in [2.75, 3.05) is 23.0 Å². The summed E-state index contributed by atoms with van der Waals surface area (Å²) in [7, 11) is -0.813. The predicted octanol–water partition coefficient (Wildman–Crippen LogP) is 4.14. The number of benzene rings is 1. The molecule has 0 atom stereocenters. The van der Waals surface area contributed by atoms with Gasteiger partial charge in [0, 0.05) is 56.5 Å². The van der Waals surface area contributed by atoms with Crippen LogP contribution in [-0.4, -0.2) is 55.3 Å². The van der Waals surface area contributed by atoms with Gasteiger partial charge in [-0.25, -0.2) is 4.98 Å². The zero-order chi connectivity index (χ0) is 25.8. The van der Waals surface area contributed by atoms with Crippen LogP contribution in [0.5, 0.6) is 0 Å². The number of amides is 2. The SMILES string of the molecule is O=C(NC1CS(=O)C1)c1cc2c(s1)-c1ccccc1N(C(=O)c1cccc(-c3cn[nH]c3C3CC3)n1)CC2. The van der Waals surface area contributed by atoms with Gasteiger partial charge in [0.25, 0.3) is 11.8 Å². The molecule has 1 saturated heterocycles. The van der Waals surface area contributed by atoms with Gasteiger partial charge in [-0.3, -0.25) is 18.9 Å². The van der Waals surface area contributed by atoms with Crippen LogP contribution >= 0.6 is 11.3 Å². The largest absolute Gasteiger partial charge is 0.347 e. The molecule has 4 aromatic rings. The van der Waals surface area contributed by atoms with E-state index in [-0.39, 0.29) is 17.9 Å². The molecule has 0 bridgehead atoms. The number of pyridine rings is 1. The van der Waals surface area contributed by atoms with E-state index < -0.39 is 10.8 Å². The van der Waals surface area contributed by atoms with Crippen LogP contribution in [0.15, 0.2) is 54.7 Å². The van der Waals surface area contributed by atoms with E-state index in [0.29, 0.717) is 41.0 Å². The first kappa shape index (κ1) is 23.5. The van der Waals surface area contributed by atoms with Crippen molar-refractivity contribution in [1.82, 2.24) is 20.5 Å². The van der Waals surface area contributed by atoms with Gasteiger partial charge in [0.15, 0.2) is 0 Å². The van der Waals surface area contributed by atoms with Crippen molar-refractivity contribution >= 4 is 39.6 Å². The molecule has 0 radical (unpaired) electrons. The van der Waals surface area contributed by atoms with E-state index >= 15 is 0 Å². The van der Waals surface area contributed by atoms with Crippen LogP contribution in [-0.2, 0) is 17.2 Å². The molecule has 10 heteroatoms. The molecular formula is C28H25N5O3S2. The average Bonchev–Trinajstić information content (AvgIpc) is 3.52. The lowest BCUT2D eigenvalue weighted by Gasteiger charge is -2.25. The fraction of sp³-hybridized carbons (Fsp3) is 0.286. The monoisotopic (exact) mass is 543 g/mol. The fourth-order valence-electron chi connectivity index (χ4n) is 5.18. The van der Waals surface area contributed by atoms with E-state index in [9.17, 15) is 13.8 Å². The fourth-order valence-corrected chi connectivity index (χ4v) is 7.30. The topological polar surface area (TPSA) is 108 Å². The number of nitrogens with zero attached hydrogens (tertiary/aromatic N) is 3. The van der Waals surface area contributed by atoms with Gasteiger partial charge in [0.05, 0.1) is 28.5 Å². The Morgan fingerprint density at radius 3 is 2.74 bits per heavy atom. The van der Waals surface area contributed by atoms with Crippen molar-refractivity contribution in [2.45, 2.75) is 31.2 Å². The number of hydrogen-bond acceptors (Lipinski definition) is 6. The summed E-state index contributed by atoms with van der Waals surface area (Å²) in [6, 6.07) is 15.3. The smallest absolute Gasteiger partial charge is 0.276 e. The number of carbonyl (C=O) groups is 2. The second-order valence-corrected chi connectivity index (χ2v) is 12.6. The summed E-state index contributed by atoms with van der Waals surface area (Å²) in [5.41, 5.74) is 5.99. The first-order chi connectivity index (χ1) is 18.5. The molecule has 7 rings (SSSR count). The number of nitrogens with one attached hydrogen (secondary N) is 2. The highest BCUT2D eigenvalue weighted by Gasteiger charge is 2.31. The van der Waals surface area contributed by atoms with Crippen LogP contribution in [0, 0.1) is 0 Å². The second-order valence-electron chi connectivity index (χ2n) is 10.0. The highest BCUT2D eigenvalue weighted by atomic mass is 32.2. The summed E-state index contributed by atoms with van der Waals surface area (Å²) in [6.45, 7) is 0.479. The van der Waals surface area contributed by atoms with Gasteiger partial charge in [0.2, 0.25) is 0 Å². The van der Waals surface area contributed by atoms with E-state index in [0.717, 1.165) is 51.5 Å². The minimum absolute atomic E-state index is 0.0173. The van der Waals surface area contributed by atoms with Crippen LogP contribution in [0.1, 0.15) is 50.2 Å². The Labute approximate surface area is 225 Å². The van der Waals surface area contributed by atoms with Crippen LogP contribution < -0.4 is 10.2 Å². The summed E-state index contributed by atoms with van der Waals surface area (Å²) >= 11 is 1.45. The Kier molecular flexibility index (Phi) is 5.74. The zero-order valence-corrected chi connectivity index (χ0v) is 22.1. The standard InChI is InChI=1S/C28H25N5O3S2/c34-27(30-18-14-38(36)15-18)24-12-17-10-11-33(23-7-2-1-4-19(23)26(17)37-24)28(35)22-6-3-5-21(31-22)20-13-29-32-25(20)16-8-9-16/h1-7,12-13,16,18H,8-11,14-15H2,(H,29,32)(H,30,34). The molecule has 1 saturated carbocycles. The lowest BCUT2D eigenvalue weighted by atomic mass is 10.1. The van der Waals surface area contributed by atoms with E-state index in [4.69, 9.17) is 4.98 Å². The lowest BCUT2D eigenvalue weighted by molar-refractivity contribution is 0.0944. The molecular weight excluding hydrogens is 518 g/mol. The minimum atomic E-state index is -0.813. The van der Waals surface area contributed by atoms with Crippen molar-refractivity contribution in [2.24, 2.45) is 0 Å². The third kappa shape index (κ3) is 4.17. The van der Waals surface area contributed by atoms with Crippen LogP contribution in [0.3, 0.4) is 0 Å². The number of carbonyl (C=O) groups excluding carboxylic acids is 2. The van der Waals surface area contributed by atoms with Gasteiger partial charge >= 0.3 is 0 Å². The molecule has 192 valence electrons. The first-order valence-corrected chi connectivity index (χ1v) is 15.1. The van der Waals surface area contributed by atoms with Crippen molar-refractivity contribution < 1.29 is 13.8 Å². The van der Waals surface area contributed by atoms with Crippen LogP contribution in [0.25, 0.3) is 21.7 Å². The van der Waals surface area contributed by atoms with Crippen molar-refractivity contribution in [3.63, 3.8) is 0 Å². The predicted molar refractivity (Wildman–Crippen MR) is 148 cm³/mol. The number of aromatic amines is 1. The van der Waals surface area contributed by atoms with E-state index in [1.54, 1.807) is 17.2 Å². The minimum Gasteiger partial charge on any atom is -0.347 e. The zero-order valence-electron chi connectivity index (χ0n) is 20.5. The Morgan fingerprint density at radius 1 is 1.08 bits per heavy atom. The molecule has 8 nitrogen and oxygen atoms in total. The maximum atomic E-state index is 13.9. The second kappa shape index (κ2) is 9.28. The Balaban J connectivity index is 1.19. The first-order valence-electron chi connectivity index (χ1n) is 12.8. The Hall–Kier alpha value is -3.63. The number of para-hydroxylation sites is 1. The summed E-state index contributed by atoms with van der Waals surface area (Å²) < 4.78 is 11.4. The summed E-state index contributed by atoms with van der Waals surface area (Å²) in [5, 5.41) is 10.3. The van der Waals surface area contributed by atoms with E-state index in [2.05, 4.69) is 15.5 Å². The van der Waals surface area contributed by atoms with E-state index in [1.165, 1.54) is 11.3 Å². The molecule has 2 amide bonds. The highest BCUT2D eigenvalue weighted by Crippen LogP contribution is 2.43. The third-order valence-electron chi connectivity index (χ3n) is 7.33. The molecule has 1 aromatic carbocycles. The molecule has 38 heavy (non-hydrogen) atoms. The molecule has 3 aromatic heterocycles. The quantitative estimate of drug-likeness (QED) is 0.393. The number of H-pyrrole nitrogens is 1. The molecule has 2 fully saturated rings. The molecule has 2 aliphatic heterocycles. The lowest BCUT2D eigenvalue weighted by Crippen LogP contribution is -2.50. The molecule has 5 heterocycles. The summed E-state index contributed by atoms with van der Waals surface area (Å²) in [4.78, 5) is 34.9. The van der Waals surface area contributed by atoms with Gasteiger partial charge in [-0.1, -0.05) is 24.3 Å². The van der Waals surface area contributed by atoms with Crippen molar-refractivity contribution in [3.05, 3.63) is 76.6 Å². The molecule has 0 unspecified atom stereocenters. The van der Waals surface area contributed by atoms with Crippen LogP contribution in [0.4, 0.5) is 5.69 Å². The highest BCUT2D eigenvalue weighted by molar-refractivity contribution is 7.86. The Morgan fingerprint density at radius 2 is 1.92 bits per heavy atom. The van der Waals surface area contributed by atoms with Gasteiger partial charge in [0.1, 0.15) is 5.69 Å². The maximum Gasteiger partial charge on any atom is 0.276 e. The number of hydrogen-bond donors (Lipinski definition) is 2. The number of aromatic nitrogens is 3. The van der Waals surface area contributed by atoms with Gasteiger partial charge in [-0.05, 0) is 49.1 Å². The molecule has 2 N–H and O–H groups in total. The third-order valence-corrected chi connectivity index (χ3v) is 10.1. The average molecular weight is 544 g/mol. The number of fused-ring (bicyclic) bond motifs is 3. The van der Waals surface area contributed by atoms with Gasteiger partial charge in [-0.2, -0.15) is 5.10 Å².